The van der Waals surface area contributed by atoms with E-state index in [1.54, 1.807) is 27.7 Å². The summed E-state index contributed by atoms with van der Waals surface area (Å²) in [7, 11) is 1.29. The van der Waals surface area contributed by atoms with Crippen molar-refractivity contribution in [2.45, 2.75) is 64.0 Å². The van der Waals surface area contributed by atoms with Crippen molar-refractivity contribution in [2.24, 2.45) is 0 Å². The Bertz CT molecular complexity index is 739. The lowest BCUT2D eigenvalue weighted by Crippen LogP contribution is -2.47. The van der Waals surface area contributed by atoms with Gasteiger partial charge in [0.05, 0.1) is 13.7 Å². The first-order valence-electron chi connectivity index (χ1n) is 9.46. The van der Waals surface area contributed by atoms with Crippen LogP contribution in [-0.4, -0.2) is 42.9 Å². The number of amides is 1. The minimum atomic E-state index is -1.16. The number of rotatable bonds is 7. The third-order valence-corrected chi connectivity index (χ3v) is 4.57. The minimum Gasteiger partial charge on any atom is -0.467 e. The van der Waals surface area contributed by atoms with E-state index in [2.05, 4.69) is 5.32 Å². The molecule has 1 aliphatic rings. The van der Waals surface area contributed by atoms with Crippen LogP contribution < -0.4 is 5.32 Å². The van der Waals surface area contributed by atoms with E-state index in [0.717, 1.165) is 11.1 Å². The molecule has 1 aromatic rings. The van der Waals surface area contributed by atoms with Gasteiger partial charge in [-0.25, -0.2) is 9.59 Å². The largest absolute Gasteiger partial charge is 0.467 e. The lowest BCUT2D eigenvalue weighted by atomic mass is 9.97. The summed E-state index contributed by atoms with van der Waals surface area (Å²) < 4.78 is 15.2. The second kappa shape index (κ2) is 8.63. The topological polar surface area (TPSA) is 90.9 Å². The fourth-order valence-corrected chi connectivity index (χ4v) is 3.29. The SMILES string of the molecule is CCOC(=O)CCc1ccccc1[C@@H]1C[C@]1(NC(=O)OC(C)(C)C)C(=O)OC. The second-order valence-electron chi connectivity index (χ2n) is 7.85. The first-order valence-corrected chi connectivity index (χ1v) is 9.46. The third-order valence-electron chi connectivity index (χ3n) is 4.57. The van der Waals surface area contributed by atoms with Gasteiger partial charge in [0, 0.05) is 12.3 Å². The lowest BCUT2D eigenvalue weighted by molar-refractivity contribution is -0.145. The number of esters is 2. The summed E-state index contributed by atoms with van der Waals surface area (Å²) in [5.74, 6) is -1.02. The summed E-state index contributed by atoms with van der Waals surface area (Å²) in [6.45, 7) is 7.38. The van der Waals surface area contributed by atoms with E-state index in [9.17, 15) is 14.4 Å². The molecule has 1 aliphatic carbocycles. The lowest BCUT2D eigenvalue weighted by Gasteiger charge is -2.23. The van der Waals surface area contributed by atoms with E-state index in [4.69, 9.17) is 14.2 Å². The van der Waals surface area contributed by atoms with Crippen molar-refractivity contribution in [3.05, 3.63) is 35.4 Å². The Kier molecular flexibility index (Phi) is 6.69. The summed E-state index contributed by atoms with van der Waals surface area (Å²) in [6, 6.07) is 7.58. The number of hydrogen-bond donors (Lipinski definition) is 1. The maximum atomic E-state index is 12.5. The number of alkyl carbamates (subject to hydrolysis) is 1. The molecule has 7 nitrogen and oxygen atoms in total. The van der Waals surface area contributed by atoms with Crippen LogP contribution in [0.25, 0.3) is 0 Å². The van der Waals surface area contributed by atoms with E-state index in [0.29, 0.717) is 19.4 Å². The first-order chi connectivity index (χ1) is 13.1. The van der Waals surface area contributed by atoms with E-state index < -0.39 is 23.2 Å². The van der Waals surface area contributed by atoms with Gasteiger partial charge >= 0.3 is 18.0 Å². The molecular weight excluding hydrogens is 362 g/mol. The summed E-state index contributed by atoms with van der Waals surface area (Å²) in [6.07, 6.45) is 0.497. The molecule has 0 aliphatic heterocycles. The van der Waals surface area contributed by atoms with Gasteiger partial charge < -0.3 is 19.5 Å². The fraction of sp³-hybridized carbons (Fsp3) is 0.571. The maximum Gasteiger partial charge on any atom is 0.408 e. The zero-order chi connectivity index (χ0) is 20.9. The van der Waals surface area contributed by atoms with Crippen molar-refractivity contribution < 1.29 is 28.6 Å². The first kappa shape index (κ1) is 21.7. The van der Waals surface area contributed by atoms with Gasteiger partial charge in [-0.1, -0.05) is 24.3 Å². The summed E-state index contributed by atoms with van der Waals surface area (Å²) >= 11 is 0. The Labute approximate surface area is 165 Å². The molecule has 28 heavy (non-hydrogen) atoms. The van der Waals surface area contributed by atoms with Crippen LogP contribution in [0.5, 0.6) is 0 Å². The summed E-state index contributed by atoms with van der Waals surface area (Å²) in [5, 5.41) is 2.71. The Morgan fingerprint density at radius 2 is 1.89 bits per heavy atom. The molecule has 0 bridgehead atoms. The number of carbonyl (C=O) groups excluding carboxylic acids is 3. The molecule has 1 amide bonds. The van der Waals surface area contributed by atoms with Gasteiger partial charge in [0.15, 0.2) is 0 Å². The molecule has 1 saturated carbocycles. The molecule has 2 rings (SSSR count). The van der Waals surface area contributed by atoms with E-state index in [1.807, 2.05) is 24.3 Å². The van der Waals surface area contributed by atoms with Crippen molar-refractivity contribution in [1.82, 2.24) is 5.32 Å². The minimum absolute atomic E-state index is 0.245. The van der Waals surface area contributed by atoms with Crippen LogP contribution in [-0.2, 0) is 30.2 Å². The zero-order valence-electron chi connectivity index (χ0n) is 17.2. The molecule has 2 atom stereocenters. The highest BCUT2D eigenvalue weighted by molar-refractivity contribution is 5.91. The number of nitrogens with one attached hydrogen (secondary N) is 1. The highest BCUT2D eigenvalue weighted by Crippen LogP contribution is 2.53. The monoisotopic (exact) mass is 391 g/mol. The van der Waals surface area contributed by atoms with Crippen LogP contribution in [0.2, 0.25) is 0 Å². The smallest absolute Gasteiger partial charge is 0.408 e. The molecule has 0 aromatic heterocycles. The summed E-state index contributed by atoms with van der Waals surface area (Å²) in [4.78, 5) is 36.5. The van der Waals surface area contributed by atoms with Crippen molar-refractivity contribution in [3.63, 3.8) is 0 Å². The molecule has 1 N–H and O–H groups in total. The molecule has 0 heterocycles. The zero-order valence-corrected chi connectivity index (χ0v) is 17.2. The molecule has 0 spiro atoms. The number of carbonyl (C=O) groups is 3. The van der Waals surface area contributed by atoms with E-state index in [-0.39, 0.29) is 18.3 Å². The quantitative estimate of drug-likeness (QED) is 0.567. The van der Waals surface area contributed by atoms with Gasteiger partial charge in [0.25, 0.3) is 0 Å². The van der Waals surface area contributed by atoms with Gasteiger partial charge in [0.1, 0.15) is 11.1 Å². The Morgan fingerprint density at radius 3 is 2.50 bits per heavy atom. The molecule has 1 fully saturated rings. The van der Waals surface area contributed by atoms with Crippen LogP contribution >= 0.6 is 0 Å². The molecule has 154 valence electrons. The van der Waals surface area contributed by atoms with Crippen LogP contribution in [0.15, 0.2) is 24.3 Å². The van der Waals surface area contributed by atoms with Crippen LogP contribution in [0.4, 0.5) is 4.79 Å². The van der Waals surface area contributed by atoms with Gasteiger partial charge in [-0.2, -0.15) is 0 Å². The predicted octanol–water partition coefficient (Wildman–Crippen LogP) is 3.11. The molecular formula is C21H29NO6. The highest BCUT2D eigenvalue weighted by atomic mass is 16.6. The van der Waals surface area contributed by atoms with Gasteiger partial charge in [-0.15, -0.1) is 0 Å². The number of aryl methyl sites for hydroxylation is 1. The molecule has 0 unspecified atom stereocenters. The third kappa shape index (κ3) is 5.24. The number of ether oxygens (including phenoxy) is 3. The van der Waals surface area contributed by atoms with Crippen molar-refractivity contribution >= 4 is 18.0 Å². The van der Waals surface area contributed by atoms with Crippen LogP contribution in [0.3, 0.4) is 0 Å². The van der Waals surface area contributed by atoms with Crippen LogP contribution in [0, 0.1) is 0 Å². The Morgan fingerprint density at radius 1 is 1.21 bits per heavy atom. The standard InChI is InChI=1S/C21H29NO6/c1-6-27-17(23)12-11-14-9-7-8-10-15(14)16-13-21(16,18(24)26-5)22-19(25)28-20(2,3)4/h7-10,16H,6,11-13H2,1-5H3,(H,22,25)/t16-,21+/m0/s1. The molecule has 7 heteroatoms. The second-order valence-corrected chi connectivity index (χ2v) is 7.85. The van der Waals surface area contributed by atoms with Crippen molar-refractivity contribution in [3.8, 4) is 0 Å². The maximum absolute atomic E-state index is 12.5. The number of hydrogen-bond acceptors (Lipinski definition) is 6. The summed E-state index contributed by atoms with van der Waals surface area (Å²) in [5.41, 5.74) is 0.0195. The Balaban J connectivity index is 2.19. The van der Waals surface area contributed by atoms with Crippen molar-refractivity contribution in [2.75, 3.05) is 13.7 Å². The van der Waals surface area contributed by atoms with E-state index >= 15 is 0 Å². The van der Waals surface area contributed by atoms with Crippen LogP contribution in [0.1, 0.15) is 57.6 Å². The van der Waals surface area contributed by atoms with Gasteiger partial charge in [-0.05, 0) is 51.7 Å². The average molecular weight is 391 g/mol. The average Bonchev–Trinajstić information content (AvgIpc) is 3.33. The molecule has 0 radical (unpaired) electrons. The van der Waals surface area contributed by atoms with Gasteiger partial charge in [-0.3, -0.25) is 4.79 Å². The fourth-order valence-electron chi connectivity index (χ4n) is 3.29. The molecule has 1 aromatic carbocycles. The highest BCUT2D eigenvalue weighted by Gasteiger charge is 2.63. The number of benzene rings is 1. The number of methoxy groups -OCH3 is 1. The predicted molar refractivity (Wildman–Crippen MR) is 103 cm³/mol. The Hall–Kier alpha value is -2.57. The van der Waals surface area contributed by atoms with Gasteiger partial charge in [0.2, 0.25) is 0 Å². The van der Waals surface area contributed by atoms with E-state index in [1.165, 1.54) is 7.11 Å². The van der Waals surface area contributed by atoms with Crippen molar-refractivity contribution in [1.29, 1.82) is 0 Å². The molecule has 0 saturated heterocycles. The normalized spacial score (nSPS) is 20.8.